The van der Waals surface area contributed by atoms with Crippen molar-refractivity contribution in [2.24, 2.45) is 0 Å². The second-order valence-electron chi connectivity index (χ2n) is 8.88. The first-order chi connectivity index (χ1) is 17.5. The molecule has 0 spiro atoms. The van der Waals surface area contributed by atoms with Crippen molar-refractivity contribution < 1.29 is 4.73 Å². The Kier molecular flexibility index (Phi) is 6.53. The summed E-state index contributed by atoms with van der Waals surface area (Å²) in [5, 5.41) is 27.3. The summed E-state index contributed by atoms with van der Waals surface area (Å²) in [6.07, 6.45) is 6.53. The van der Waals surface area contributed by atoms with Crippen molar-refractivity contribution in [1.82, 2.24) is 35.2 Å². The normalized spacial score (nSPS) is 11.2. The molecule has 0 unspecified atom stereocenters. The van der Waals surface area contributed by atoms with Crippen LogP contribution in [0, 0.1) is 19.1 Å². The van der Waals surface area contributed by atoms with Crippen LogP contribution in [-0.4, -0.2) is 35.2 Å². The Morgan fingerprint density at radius 3 is 2.53 bits per heavy atom. The molecule has 0 fully saturated rings. The SMILES string of the molecule is CCCCc1nc(-c2c(C)ncc(C)[n+]2[O-])cn1Cc1ccc(-c2ccccc2-c2nn[nH]n2)cc1. The lowest BCUT2D eigenvalue weighted by molar-refractivity contribution is -0.601. The Morgan fingerprint density at radius 2 is 1.81 bits per heavy atom. The number of aromatic nitrogens is 8. The zero-order chi connectivity index (χ0) is 25.1. The molecule has 0 aliphatic heterocycles. The van der Waals surface area contributed by atoms with Crippen LogP contribution in [0.4, 0.5) is 0 Å². The largest absolute Gasteiger partial charge is 0.618 e. The van der Waals surface area contributed by atoms with Crippen LogP contribution in [0.15, 0.2) is 60.9 Å². The molecule has 0 aliphatic carbocycles. The van der Waals surface area contributed by atoms with Gasteiger partial charge in [0.05, 0.1) is 6.20 Å². The van der Waals surface area contributed by atoms with E-state index in [1.165, 1.54) is 0 Å². The van der Waals surface area contributed by atoms with Crippen molar-refractivity contribution >= 4 is 0 Å². The highest BCUT2D eigenvalue weighted by atomic mass is 16.5. The fraction of sp³-hybridized carbons (Fsp3) is 0.259. The van der Waals surface area contributed by atoms with Crippen molar-refractivity contribution in [2.75, 3.05) is 0 Å². The van der Waals surface area contributed by atoms with Gasteiger partial charge in [-0.3, -0.25) is 0 Å². The van der Waals surface area contributed by atoms with Crippen LogP contribution in [0.1, 0.15) is 42.5 Å². The Bertz CT molecular complexity index is 1470. The van der Waals surface area contributed by atoms with Crippen LogP contribution < -0.4 is 4.73 Å². The van der Waals surface area contributed by atoms with E-state index in [4.69, 9.17) is 4.98 Å². The number of nitrogens with one attached hydrogen (secondary N) is 1. The molecule has 5 rings (SSSR count). The summed E-state index contributed by atoms with van der Waals surface area (Å²) in [6.45, 7) is 6.44. The maximum atomic E-state index is 12.8. The maximum absolute atomic E-state index is 12.8. The smallest absolute Gasteiger partial charge is 0.265 e. The van der Waals surface area contributed by atoms with Crippen LogP contribution in [0.2, 0.25) is 0 Å². The minimum absolute atomic E-state index is 0.514. The van der Waals surface area contributed by atoms with Crippen molar-refractivity contribution in [3.8, 4) is 33.9 Å². The lowest BCUT2D eigenvalue weighted by atomic mass is 9.98. The number of hydrogen-bond donors (Lipinski definition) is 1. The Balaban J connectivity index is 1.46. The molecule has 0 aliphatic rings. The quantitative estimate of drug-likeness (QED) is 0.260. The molecule has 0 bridgehead atoms. The Hall–Kier alpha value is -4.40. The highest BCUT2D eigenvalue weighted by Gasteiger charge is 2.21. The third-order valence-electron chi connectivity index (χ3n) is 6.30. The summed E-state index contributed by atoms with van der Waals surface area (Å²) in [7, 11) is 0. The lowest BCUT2D eigenvalue weighted by Crippen LogP contribution is -2.34. The molecular weight excluding hydrogens is 452 g/mol. The third-order valence-corrected chi connectivity index (χ3v) is 6.30. The van der Waals surface area contributed by atoms with Gasteiger partial charge in [-0.15, -0.1) is 10.2 Å². The molecule has 182 valence electrons. The molecule has 9 heteroatoms. The molecule has 9 nitrogen and oxygen atoms in total. The van der Waals surface area contributed by atoms with E-state index in [-0.39, 0.29) is 0 Å². The van der Waals surface area contributed by atoms with Gasteiger partial charge in [0.1, 0.15) is 11.5 Å². The number of nitrogens with zero attached hydrogens (tertiary/aromatic N) is 7. The highest BCUT2D eigenvalue weighted by Crippen LogP contribution is 2.30. The summed E-state index contributed by atoms with van der Waals surface area (Å²) in [5.41, 5.74) is 6.59. The minimum Gasteiger partial charge on any atom is -0.618 e. The monoisotopic (exact) mass is 480 g/mol. The van der Waals surface area contributed by atoms with Crippen LogP contribution in [-0.2, 0) is 13.0 Å². The van der Waals surface area contributed by atoms with Crippen LogP contribution in [0.5, 0.6) is 0 Å². The number of H-pyrrole nitrogens is 1. The zero-order valence-electron chi connectivity index (χ0n) is 20.6. The summed E-state index contributed by atoms with van der Waals surface area (Å²) in [4.78, 5) is 9.24. The van der Waals surface area contributed by atoms with Crippen molar-refractivity contribution in [3.63, 3.8) is 0 Å². The molecule has 3 heterocycles. The first kappa shape index (κ1) is 23.3. The van der Waals surface area contributed by atoms with E-state index in [0.717, 1.165) is 52.1 Å². The van der Waals surface area contributed by atoms with E-state index in [0.29, 0.717) is 35.1 Å². The molecule has 0 amide bonds. The first-order valence-electron chi connectivity index (χ1n) is 12.1. The molecule has 0 radical (unpaired) electrons. The topological polar surface area (TPSA) is 112 Å². The minimum atomic E-state index is 0.514. The molecule has 5 aromatic rings. The molecule has 2 aromatic carbocycles. The number of aromatic amines is 1. The van der Waals surface area contributed by atoms with E-state index < -0.39 is 0 Å². The van der Waals surface area contributed by atoms with Gasteiger partial charge in [-0.05, 0) is 35.2 Å². The second kappa shape index (κ2) is 10.1. The van der Waals surface area contributed by atoms with E-state index in [1.54, 1.807) is 13.1 Å². The van der Waals surface area contributed by atoms with Gasteiger partial charge in [0.2, 0.25) is 11.5 Å². The molecular formula is C27H28N8O. The van der Waals surface area contributed by atoms with Gasteiger partial charge in [-0.25, -0.2) is 9.97 Å². The number of imidazole rings is 1. The molecule has 0 atom stereocenters. The van der Waals surface area contributed by atoms with Gasteiger partial charge in [0.25, 0.3) is 5.69 Å². The predicted molar refractivity (Wildman–Crippen MR) is 137 cm³/mol. The van der Waals surface area contributed by atoms with E-state index >= 15 is 0 Å². The van der Waals surface area contributed by atoms with E-state index in [1.807, 2.05) is 31.3 Å². The lowest BCUT2D eigenvalue weighted by Gasteiger charge is -2.10. The number of unbranched alkanes of at least 4 members (excludes halogenated alkanes) is 1. The number of hydrogen-bond acceptors (Lipinski definition) is 6. The average molecular weight is 481 g/mol. The van der Waals surface area contributed by atoms with Crippen molar-refractivity contribution in [3.05, 3.63) is 88.9 Å². The van der Waals surface area contributed by atoms with Gasteiger partial charge in [0.15, 0.2) is 5.69 Å². The van der Waals surface area contributed by atoms with Crippen LogP contribution >= 0.6 is 0 Å². The fourth-order valence-corrected chi connectivity index (χ4v) is 4.35. The van der Waals surface area contributed by atoms with Gasteiger partial charge >= 0.3 is 0 Å². The number of rotatable bonds is 8. The predicted octanol–water partition coefficient (Wildman–Crippen LogP) is 4.43. The fourth-order valence-electron chi connectivity index (χ4n) is 4.35. The maximum Gasteiger partial charge on any atom is 0.265 e. The standard InChI is InChI=1S/C27H28N8O/c1-4-5-10-25-29-24(26-19(3)28-15-18(2)35(26)36)17-34(25)16-20-11-13-21(14-12-20)22-8-6-7-9-23(22)27-30-32-33-31-27/h6-9,11-15,17H,4-5,10,16H2,1-3H3,(H,30,31,32,33). The van der Waals surface area contributed by atoms with Gasteiger partial charge in [-0.2, -0.15) is 9.94 Å². The summed E-state index contributed by atoms with van der Waals surface area (Å²) in [6, 6.07) is 16.5. The van der Waals surface area contributed by atoms with Crippen LogP contribution in [0.25, 0.3) is 33.9 Å². The van der Waals surface area contributed by atoms with Crippen molar-refractivity contribution in [1.29, 1.82) is 0 Å². The summed E-state index contributed by atoms with van der Waals surface area (Å²) < 4.78 is 3.07. The van der Waals surface area contributed by atoms with E-state index in [2.05, 4.69) is 67.4 Å². The molecule has 3 aromatic heterocycles. The van der Waals surface area contributed by atoms with Gasteiger partial charge in [-0.1, -0.05) is 61.9 Å². The van der Waals surface area contributed by atoms with Crippen molar-refractivity contribution in [2.45, 2.75) is 46.6 Å². The van der Waals surface area contributed by atoms with Gasteiger partial charge < -0.3 is 9.77 Å². The first-order valence-corrected chi connectivity index (χ1v) is 12.1. The summed E-state index contributed by atoms with van der Waals surface area (Å²) >= 11 is 0. The number of aryl methyl sites for hydroxylation is 3. The number of benzene rings is 2. The second-order valence-corrected chi connectivity index (χ2v) is 8.88. The zero-order valence-corrected chi connectivity index (χ0v) is 20.6. The average Bonchev–Trinajstić information content (AvgIpc) is 3.56. The van der Waals surface area contributed by atoms with Crippen LogP contribution in [0.3, 0.4) is 0 Å². The third kappa shape index (κ3) is 4.59. The Morgan fingerprint density at radius 1 is 1.03 bits per heavy atom. The molecule has 0 saturated heterocycles. The molecule has 36 heavy (non-hydrogen) atoms. The summed E-state index contributed by atoms with van der Waals surface area (Å²) in [5.74, 6) is 1.54. The highest BCUT2D eigenvalue weighted by molar-refractivity contribution is 5.80. The Labute approximate surface area is 209 Å². The van der Waals surface area contributed by atoms with Gasteiger partial charge in [0, 0.05) is 31.6 Å². The van der Waals surface area contributed by atoms with E-state index in [9.17, 15) is 5.21 Å². The number of tetrazole rings is 1. The molecule has 0 saturated carbocycles. The molecule has 1 N–H and O–H groups in total.